The van der Waals surface area contributed by atoms with Crippen LogP contribution in [0.25, 0.3) is 0 Å². The van der Waals surface area contributed by atoms with Crippen LogP contribution in [-0.2, 0) is 13.1 Å². The number of benzene rings is 2. The van der Waals surface area contributed by atoms with E-state index >= 15 is 0 Å². The van der Waals surface area contributed by atoms with E-state index in [0.29, 0.717) is 24.6 Å². The number of fused-ring (bicyclic) bond motifs is 1. The molecule has 26 heavy (non-hydrogen) atoms. The van der Waals surface area contributed by atoms with Gasteiger partial charge in [0.2, 0.25) is 6.79 Å². The molecule has 3 rings (SSSR count). The molecule has 0 saturated heterocycles. The summed E-state index contributed by atoms with van der Waals surface area (Å²) in [5.41, 5.74) is 7.45. The summed E-state index contributed by atoms with van der Waals surface area (Å²) in [5.74, 6) is 1.32. The minimum absolute atomic E-state index is 0.207. The molecule has 0 bridgehead atoms. The zero-order valence-electron chi connectivity index (χ0n) is 13.5. The van der Waals surface area contributed by atoms with Gasteiger partial charge >= 0.3 is 6.36 Å². The maximum absolute atomic E-state index is 12.1. The minimum Gasteiger partial charge on any atom is -0.454 e. The number of halogens is 3. The van der Waals surface area contributed by atoms with E-state index < -0.39 is 6.36 Å². The first kappa shape index (κ1) is 17.7. The van der Waals surface area contributed by atoms with Gasteiger partial charge in [0, 0.05) is 6.54 Å². The summed E-state index contributed by atoms with van der Waals surface area (Å²) < 4.78 is 50.7. The van der Waals surface area contributed by atoms with Gasteiger partial charge < -0.3 is 25.3 Å². The lowest BCUT2D eigenvalue weighted by Gasteiger charge is -2.10. The van der Waals surface area contributed by atoms with Gasteiger partial charge in [-0.2, -0.15) is 0 Å². The van der Waals surface area contributed by atoms with E-state index in [1.807, 2.05) is 12.1 Å². The smallest absolute Gasteiger partial charge is 0.454 e. The summed E-state index contributed by atoms with van der Waals surface area (Å²) in [6.45, 7) is 0.884. The third-order valence-corrected chi connectivity index (χ3v) is 3.50. The topological polar surface area (TPSA) is 78.1 Å². The largest absolute Gasteiger partial charge is 0.573 e. The first-order valence-electron chi connectivity index (χ1n) is 7.66. The third kappa shape index (κ3) is 4.95. The average Bonchev–Trinajstić information content (AvgIpc) is 3.05. The van der Waals surface area contributed by atoms with Gasteiger partial charge in [0.05, 0.1) is 6.54 Å². The van der Waals surface area contributed by atoms with Crippen molar-refractivity contribution in [1.29, 1.82) is 0 Å². The number of nitrogens with two attached hydrogens (primary N) is 1. The summed E-state index contributed by atoms with van der Waals surface area (Å²) in [6.07, 6.45) is -4.70. The van der Waals surface area contributed by atoms with Crippen molar-refractivity contribution in [2.45, 2.75) is 19.5 Å². The van der Waals surface area contributed by atoms with Crippen molar-refractivity contribution in [3.8, 4) is 17.2 Å². The van der Waals surface area contributed by atoms with Crippen LogP contribution >= 0.6 is 0 Å². The predicted molar refractivity (Wildman–Crippen MR) is 87.9 cm³/mol. The van der Waals surface area contributed by atoms with Crippen LogP contribution in [-0.4, -0.2) is 19.1 Å². The van der Waals surface area contributed by atoms with Gasteiger partial charge in [0.25, 0.3) is 0 Å². The highest BCUT2D eigenvalue weighted by Crippen LogP contribution is 2.32. The van der Waals surface area contributed by atoms with E-state index in [0.717, 1.165) is 11.1 Å². The molecule has 1 aliphatic heterocycles. The van der Waals surface area contributed by atoms with Crippen LogP contribution in [0.15, 0.2) is 47.5 Å². The second-order valence-corrected chi connectivity index (χ2v) is 5.43. The molecule has 0 amide bonds. The zero-order chi connectivity index (χ0) is 18.6. The summed E-state index contributed by atoms with van der Waals surface area (Å²) in [4.78, 5) is 4.21. The number of alkyl halides is 3. The molecule has 0 fully saturated rings. The van der Waals surface area contributed by atoms with Gasteiger partial charge in [0.1, 0.15) is 5.75 Å². The Morgan fingerprint density at radius 2 is 1.77 bits per heavy atom. The normalized spacial score (nSPS) is 13.6. The van der Waals surface area contributed by atoms with Crippen molar-refractivity contribution in [3.63, 3.8) is 0 Å². The lowest BCUT2D eigenvalue weighted by Crippen LogP contribution is -2.31. The van der Waals surface area contributed by atoms with Gasteiger partial charge in [-0.3, -0.25) is 0 Å². The third-order valence-electron chi connectivity index (χ3n) is 3.50. The predicted octanol–water partition coefficient (Wildman–Crippen LogP) is 2.92. The van der Waals surface area contributed by atoms with Crippen molar-refractivity contribution in [2.24, 2.45) is 10.7 Å². The lowest BCUT2D eigenvalue weighted by atomic mass is 10.2. The van der Waals surface area contributed by atoms with Crippen molar-refractivity contribution in [2.75, 3.05) is 6.79 Å². The average molecular weight is 367 g/mol. The summed E-state index contributed by atoms with van der Waals surface area (Å²) in [6, 6.07) is 11.0. The molecule has 0 aliphatic carbocycles. The molecule has 3 N–H and O–H groups in total. The fourth-order valence-electron chi connectivity index (χ4n) is 2.27. The standard InChI is InChI=1S/C17H16F3N3O3/c18-17(19,20)26-13-4-1-11(2-5-13)8-22-16(21)23-9-12-3-6-14-15(7-12)25-10-24-14/h1-7H,8-10H2,(H3,21,22,23). The Hall–Kier alpha value is -3.10. The van der Waals surface area contributed by atoms with Crippen molar-refractivity contribution in [1.82, 2.24) is 5.32 Å². The van der Waals surface area contributed by atoms with Gasteiger partial charge in [0.15, 0.2) is 17.5 Å². The number of hydrogen-bond acceptors (Lipinski definition) is 4. The second kappa shape index (κ2) is 7.42. The Labute approximate surface area is 147 Å². The van der Waals surface area contributed by atoms with Crippen LogP contribution in [0, 0.1) is 0 Å². The Balaban J connectivity index is 1.50. The van der Waals surface area contributed by atoms with Crippen LogP contribution in [0.5, 0.6) is 17.2 Å². The Morgan fingerprint density at radius 1 is 1.08 bits per heavy atom. The molecule has 1 heterocycles. The highest BCUT2D eigenvalue weighted by atomic mass is 19.4. The molecule has 0 spiro atoms. The van der Waals surface area contributed by atoms with Gasteiger partial charge in [-0.25, -0.2) is 4.99 Å². The Kier molecular flexibility index (Phi) is 5.06. The molecule has 0 atom stereocenters. The zero-order valence-corrected chi connectivity index (χ0v) is 13.5. The molecule has 9 heteroatoms. The van der Waals surface area contributed by atoms with Gasteiger partial charge in [-0.15, -0.1) is 13.2 Å². The number of guanidine groups is 1. The molecule has 0 saturated carbocycles. The van der Waals surface area contributed by atoms with E-state index in [1.54, 1.807) is 6.07 Å². The van der Waals surface area contributed by atoms with E-state index in [-0.39, 0.29) is 18.5 Å². The maximum Gasteiger partial charge on any atom is 0.573 e. The van der Waals surface area contributed by atoms with E-state index in [2.05, 4.69) is 15.0 Å². The van der Waals surface area contributed by atoms with Crippen molar-refractivity contribution < 1.29 is 27.4 Å². The molecule has 1 aliphatic rings. The highest BCUT2D eigenvalue weighted by Gasteiger charge is 2.30. The molecule has 6 nitrogen and oxygen atoms in total. The first-order valence-corrected chi connectivity index (χ1v) is 7.66. The summed E-state index contributed by atoms with van der Waals surface area (Å²) in [7, 11) is 0. The number of ether oxygens (including phenoxy) is 3. The lowest BCUT2D eigenvalue weighted by molar-refractivity contribution is -0.274. The molecule has 0 unspecified atom stereocenters. The number of aliphatic imine (C=N–C) groups is 1. The van der Waals surface area contributed by atoms with Crippen LogP contribution in [0.4, 0.5) is 13.2 Å². The molecule has 138 valence electrons. The molecule has 2 aromatic carbocycles. The van der Waals surface area contributed by atoms with Crippen LogP contribution in [0.1, 0.15) is 11.1 Å². The number of nitrogens with zero attached hydrogens (tertiary/aromatic N) is 1. The summed E-state index contributed by atoms with van der Waals surface area (Å²) in [5, 5.41) is 2.90. The number of rotatable bonds is 5. The fourth-order valence-corrected chi connectivity index (χ4v) is 2.27. The SMILES string of the molecule is NC(=NCc1ccc2c(c1)OCO2)NCc1ccc(OC(F)(F)F)cc1. The van der Waals surface area contributed by atoms with Gasteiger partial charge in [-0.1, -0.05) is 18.2 Å². The van der Waals surface area contributed by atoms with Crippen LogP contribution < -0.4 is 25.3 Å². The van der Waals surface area contributed by atoms with E-state index in [4.69, 9.17) is 15.2 Å². The van der Waals surface area contributed by atoms with Crippen molar-refractivity contribution in [3.05, 3.63) is 53.6 Å². The molecule has 2 aromatic rings. The quantitative estimate of drug-likeness (QED) is 0.628. The molecular formula is C17H16F3N3O3. The van der Waals surface area contributed by atoms with E-state index in [1.165, 1.54) is 24.3 Å². The van der Waals surface area contributed by atoms with E-state index in [9.17, 15) is 13.2 Å². The Bertz CT molecular complexity index is 792. The Morgan fingerprint density at radius 3 is 2.50 bits per heavy atom. The molecule has 0 aromatic heterocycles. The second-order valence-electron chi connectivity index (χ2n) is 5.43. The maximum atomic E-state index is 12.1. The minimum atomic E-state index is -4.70. The highest BCUT2D eigenvalue weighted by molar-refractivity contribution is 5.77. The van der Waals surface area contributed by atoms with Crippen LogP contribution in [0.3, 0.4) is 0 Å². The molecular weight excluding hydrogens is 351 g/mol. The fraction of sp³-hybridized carbons (Fsp3) is 0.235. The number of hydrogen-bond donors (Lipinski definition) is 2. The van der Waals surface area contributed by atoms with Crippen LogP contribution in [0.2, 0.25) is 0 Å². The monoisotopic (exact) mass is 367 g/mol. The number of nitrogens with one attached hydrogen (secondary N) is 1. The van der Waals surface area contributed by atoms with Crippen molar-refractivity contribution >= 4 is 5.96 Å². The molecule has 0 radical (unpaired) electrons. The first-order chi connectivity index (χ1) is 12.4. The van der Waals surface area contributed by atoms with Gasteiger partial charge in [-0.05, 0) is 35.4 Å². The summed E-state index contributed by atoms with van der Waals surface area (Å²) >= 11 is 0.